The number of nitrogens with zero attached hydrogens (tertiary/aromatic N) is 2. The minimum absolute atomic E-state index is 0.160. The van der Waals surface area contributed by atoms with E-state index in [2.05, 4.69) is 34.4 Å². The average molecular weight is 284 g/mol. The van der Waals surface area contributed by atoms with Gasteiger partial charge in [-0.15, -0.1) is 0 Å². The highest BCUT2D eigenvalue weighted by molar-refractivity contribution is 6.05. The van der Waals surface area contributed by atoms with Gasteiger partial charge in [-0.05, 0) is 36.6 Å². The molecule has 5 nitrogen and oxygen atoms in total. The normalized spacial score (nSPS) is 10.5. The van der Waals surface area contributed by atoms with Crippen LogP contribution in [-0.2, 0) is 0 Å². The van der Waals surface area contributed by atoms with Crippen LogP contribution in [0.3, 0.4) is 0 Å². The van der Waals surface area contributed by atoms with Crippen molar-refractivity contribution in [2.45, 2.75) is 26.7 Å². The molecule has 0 unspecified atom stereocenters. The molecule has 2 heterocycles. The van der Waals surface area contributed by atoms with Crippen LogP contribution in [0.1, 0.15) is 41.4 Å². The molecular formula is C16H20N4O. The molecule has 0 fully saturated rings. The molecule has 0 aliphatic heterocycles. The number of carbonyl (C=O) groups excluding carboxylic acids is 1. The molecule has 2 N–H and O–H groups in total. The number of rotatable bonds is 4. The van der Waals surface area contributed by atoms with Crippen molar-refractivity contribution in [2.24, 2.45) is 0 Å². The van der Waals surface area contributed by atoms with Crippen molar-refractivity contribution >= 4 is 17.4 Å². The zero-order valence-corrected chi connectivity index (χ0v) is 12.8. The van der Waals surface area contributed by atoms with Gasteiger partial charge >= 0.3 is 0 Å². The highest BCUT2D eigenvalue weighted by Gasteiger charge is 2.12. The molecular weight excluding hydrogens is 264 g/mol. The van der Waals surface area contributed by atoms with E-state index in [-0.39, 0.29) is 11.8 Å². The molecule has 0 saturated carbocycles. The van der Waals surface area contributed by atoms with Gasteiger partial charge in [-0.1, -0.05) is 13.8 Å². The molecule has 2 aromatic heterocycles. The Morgan fingerprint density at radius 2 is 2.05 bits per heavy atom. The molecule has 0 saturated heterocycles. The second-order valence-electron chi connectivity index (χ2n) is 5.22. The van der Waals surface area contributed by atoms with Crippen LogP contribution in [0.25, 0.3) is 0 Å². The van der Waals surface area contributed by atoms with Gasteiger partial charge in [0.15, 0.2) is 0 Å². The van der Waals surface area contributed by atoms with Crippen LogP contribution in [0.5, 0.6) is 0 Å². The summed E-state index contributed by atoms with van der Waals surface area (Å²) in [5, 5.41) is 5.88. The Hall–Kier alpha value is -2.43. The quantitative estimate of drug-likeness (QED) is 0.904. The van der Waals surface area contributed by atoms with Gasteiger partial charge in [0.25, 0.3) is 5.91 Å². The third kappa shape index (κ3) is 3.56. The Morgan fingerprint density at radius 3 is 2.67 bits per heavy atom. The van der Waals surface area contributed by atoms with Crippen LogP contribution in [-0.4, -0.2) is 22.9 Å². The van der Waals surface area contributed by atoms with E-state index in [1.807, 2.05) is 19.1 Å². The zero-order chi connectivity index (χ0) is 15.4. The maximum atomic E-state index is 12.4. The summed E-state index contributed by atoms with van der Waals surface area (Å²) in [5.41, 5.74) is 3.16. The lowest BCUT2D eigenvalue weighted by atomic mass is 10.1. The highest BCUT2D eigenvalue weighted by atomic mass is 16.1. The molecule has 0 aromatic carbocycles. The van der Waals surface area contributed by atoms with E-state index in [0.29, 0.717) is 11.4 Å². The number of nitrogens with one attached hydrogen (secondary N) is 2. The molecule has 0 bridgehead atoms. The predicted octanol–water partition coefficient (Wildman–Crippen LogP) is 3.20. The second-order valence-corrected chi connectivity index (χ2v) is 5.22. The number of pyridine rings is 2. The second kappa shape index (κ2) is 6.35. The van der Waals surface area contributed by atoms with E-state index < -0.39 is 0 Å². The number of amides is 1. The number of aryl methyl sites for hydroxylation is 1. The van der Waals surface area contributed by atoms with Crippen LogP contribution < -0.4 is 10.6 Å². The number of aromatic nitrogens is 2. The summed E-state index contributed by atoms with van der Waals surface area (Å²) in [5.74, 6) is 0.783. The summed E-state index contributed by atoms with van der Waals surface area (Å²) < 4.78 is 0. The number of carbonyl (C=O) groups is 1. The minimum Gasteiger partial charge on any atom is -0.373 e. The molecule has 5 heteroatoms. The largest absolute Gasteiger partial charge is 0.373 e. The first kappa shape index (κ1) is 15.0. The average Bonchev–Trinajstić information content (AvgIpc) is 2.49. The highest BCUT2D eigenvalue weighted by Crippen LogP contribution is 2.19. The Labute approximate surface area is 124 Å². The molecule has 0 radical (unpaired) electrons. The summed E-state index contributed by atoms with van der Waals surface area (Å²) in [6.45, 7) is 6.03. The van der Waals surface area contributed by atoms with Gasteiger partial charge < -0.3 is 10.6 Å². The maximum Gasteiger partial charge on any atom is 0.255 e. The Morgan fingerprint density at radius 1 is 1.29 bits per heavy atom. The molecule has 2 aromatic rings. The summed E-state index contributed by atoms with van der Waals surface area (Å²) >= 11 is 0. The summed E-state index contributed by atoms with van der Waals surface area (Å²) in [6, 6.07) is 5.43. The van der Waals surface area contributed by atoms with Gasteiger partial charge in [-0.25, -0.2) is 4.98 Å². The van der Waals surface area contributed by atoms with E-state index in [4.69, 9.17) is 0 Å². The third-order valence-corrected chi connectivity index (χ3v) is 3.24. The Kier molecular flexibility index (Phi) is 4.52. The predicted molar refractivity (Wildman–Crippen MR) is 84.8 cm³/mol. The van der Waals surface area contributed by atoms with Crippen molar-refractivity contribution in [2.75, 3.05) is 17.7 Å². The third-order valence-electron chi connectivity index (χ3n) is 3.24. The van der Waals surface area contributed by atoms with Crippen LogP contribution in [0, 0.1) is 6.92 Å². The van der Waals surface area contributed by atoms with E-state index >= 15 is 0 Å². The minimum atomic E-state index is -0.160. The SMILES string of the molecule is CNc1cc(C(=O)Nc2cnccc2C)cc(C(C)C)n1. The molecule has 0 aliphatic carbocycles. The van der Waals surface area contributed by atoms with Crippen LogP contribution in [0.15, 0.2) is 30.6 Å². The molecule has 0 spiro atoms. The lowest BCUT2D eigenvalue weighted by Crippen LogP contribution is -2.14. The standard InChI is InChI=1S/C16H20N4O/c1-10(2)13-7-12(8-15(17-4)19-13)16(21)20-14-9-18-6-5-11(14)3/h5-10H,1-4H3,(H,17,19)(H,20,21). The smallest absolute Gasteiger partial charge is 0.255 e. The first-order valence-electron chi connectivity index (χ1n) is 6.93. The van der Waals surface area contributed by atoms with Crippen LogP contribution in [0.4, 0.5) is 11.5 Å². The molecule has 2 rings (SSSR count). The van der Waals surface area contributed by atoms with Gasteiger partial charge in [-0.3, -0.25) is 9.78 Å². The van der Waals surface area contributed by atoms with Crippen LogP contribution >= 0.6 is 0 Å². The van der Waals surface area contributed by atoms with Crippen molar-refractivity contribution in [1.82, 2.24) is 9.97 Å². The fraction of sp³-hybridized carbons (Fsp3) is 0.312. The number of hydrogen-bond acceptors (Lipinski definition) is 4. The van der Waals surface area contributed by atoms with E-state index in [0.717, 1.165) is 16.9 Å². The van der Waals surface area contributed by atoms with Gasteiger partial charge in [0.2, 0.25) is 0 Å². The summed E-state index contributed by atoms with van der Waals surface area (Å²) in [4.78, 5) is 20.9. The van der Waals surface area contributed by atoms with E-state index in [1.165, 1.54) is 0 Å². The lowest BCUT2D eigenvalue weighted by Gasteiger charge is -2.12. The first-order valence-corrected chi connectivity index (χ1v) is 6.93. The molecule has 110 valence electrons. The van der Waals surface area contributed by atoms with Crippen molar-refractivity contribution < 1.29 is 4.79 Å². The van der Waals surface area contributed by atoms with Crippen LogP contribution in [0.2, 0.25) is 0 Å². The van der Waals surface area contributed by atoms with E-state index in [9.17, 15) is 4.79 Å². The van der Waals surface area contributed by atoms with Gasteiger partial charge in [0.1, 0.15) is 5.82 Å². The van der Waals surface area contributed by atoms with Crippen molar-refractivity contribution in [1.29, 1.82) is 0 Å². The summed E-state index contributed by atoms with van der Waals surface area (Å²) in [6.07, 6.45) is 3.35. The van der Waals surface area contributed by atoms with Crippen molar-refractivity contribution in [3.8, 4) is 0 Å². The molecule has 0 atom stereocenters. The summed E-state index contributed by atoms with van der Waals surface area (Å²) in [7, 11) is 1.79. The van der Waals surface area contributed by atoms with Gasteiger partial charge in [0.05, 0.1) is 11.9 Å². The van der Waals surface area contributed by atoms with Gasteiger partial charge in [-0.2, -0.15) is 0 Å². The first-order chi connectivity index (χ1) is 10.0. The number of anilines is 2. The number of hydrogen-bond donors (Lipinski definition) is 2. The fourth-order valence-corrected chi connectivity index (χ4v) is 1.90. The van der Waals surface area contributed by atoms with Crippen molar-refractivity contribution in [3.05, 3.63) is 47.4 Å². The van der Waals surface area contributed by atoms with E-state index in [1.54, 1.807) is 25.5 Å². The zero-order valence-electron chi connectivity index (χ0n) is 12.8. The van der Waals surface area contributed by atoms with Gasteiger partial charge in [0, 0.05) is 24.5 Å². The Balaban J connectivity index is 2.30. The molecule has 1 amide bonds. The maximum absolute atomic E-state index is 12.4. The topological polar surface area (TPSA) is 66.9 Å². The monoisotopic (exact) mass is 284 g/mol. The van der Waals surface area contributed by atoms with Crippen molar-refractivity contribution in [3.63, 3.8) is 0 Å². The fourth-order valence-electron chi connectivity index (χ4n) is 1.90. The lowest BCUT2D eigenvalue weighted by molar-refractivity contribution is 0.102. The molecule has 0 aliphatic rings. The Bertz CT molecular complexity index is 652. The molecule has 21 heavy (non-hydrogen) atoms.